The zero-order chi connectivity index (χ0) is 25.5. The van der Waals surface area contributed by atoms with Crippen LogP contribution in [0.3, 0.4) is 0 Å². The number of aryl methyl sites for hydroxylation is 1. The molecule has 1 nitrogen and oxygen atoms in total. The summed E-state index contributed by atoms with van der Waals surface area (Å²) in [6, 6.07) is 16.2. The molecule has 0 aliphatic heterocycles. The highest BCUT2D eigenvalue weighted by Crippen LogP contribution is 2.40. The van der Waals surface area contributed by atoms with E-state index in [0.717, 1.165) is 73.1 Å². The Morgan fingerprint density at radius 3 is 2.17 bits per heavy atom. The van der Waals surface area contributed by atoms with Crippen molar-refractivity contribution in [1.82, 2.24) is 0 Å². The van der Waals surface area contributed by atoms with E-state index in [0.29, 0.717) is 5.56 Å². The standard InChI is InChI=1S/C32H37F3O/c1-3-5-7-26-16-17-27(20-29(26)33)24-12-10-23(11-13-24)21-36-30-19-18-28(31(34)32(30)35)25-14-8-22(6-4-2)9-15-25/h10-13,16-20,22,25H,3-9,14-15,21H2,1-2H3. The molecule has 3 aromatic carbocycles. The van der Waals surface area contributed by atoms with E-state index < -0.39 is 11.6 Å². The number of halogens is 3. The largest absolute Gasteiger partial charge is 0.486 e. The molecule has 0 aromatic heterocycles. The quantitative estimate of drug-likeness (QED) is 0.272. The lowest BCUT2D eigenvalue weighted by molar-refractivity contribution is 0.279. The van der Waals surface area contributed by atoms with Crippen LogP contribution in [0.2, 0.25) is 0 Å². The maximum absolute atomic E-state index is 14.9. The van der Waals surface area contributed by atoms with Gasteiger partial charge in [-0.15, -0.1) is 0 Å². The van der Waals surface area contributed by atoms with E-state index in [2.05, 4.69) is 13.8 Å². The van der Waals surface area contributed by atoms with Crippen molar-refractivity contribution in [3.8, 4) is 16.9 Å². The third-order valence-electron chi connectivity index (χ3n) is 7.59. The number of hydrogen-bond donors (Lipinski definition) is 0. The summed E-state index contributed by atoms with van der Waals surface area (Å²) in [6.07, 6.45) is 9.16. The first-order valence-electron chi connectivity index (χ1n) is 13.5. The summed E-state index contributed by atoms with van der Waals surface area (Å²) >= 11 is 0. The van der Waals surface area contributed by atoms with E-state index in [1.54, 1.807) is 18.2 Å². The second kappa shape index (κ2) is 12.5. The minimum absolute atomic E-state index is 0.0651. The van der Waals surface area contributed by atoms with E-state index in [9.17, 15) is 13.2 Å². The van der Waals surface area contributed by atoms with Gasteiger partial charge >= 0.3 is 0 Å². The van der Waals surface area contributed by atoms with Gasteiger partial charge in [0.25, 0.3) is 0 Å². The van der Waals surface area contributed by atoms with Gasteiger partial charge in [-0.2, -0.15) is 4.39 Å². The summed E-state index contributed by atoms with van der Waals surface area (Å²) in [5, 5.41) is 0. The normalized spacial score (nSPS) is 17.8. The molecule has 3 aromatic rings. The van der Waals surface area contributed by atoms with Crippen LogP contribution in [0.4, 0.5) is 13.2 Å². The lowest BCUT2D eigenvalue weighted by Gasteiger charge is -2.29. The molecular formula is C32H37F3O. The van der Waals surface area contributed by atoms with E-state index in [4.69, 9.17) is 4.74 Å². The zero-order valence-corrected chi connectivity index (χ0v) is 21.5. The third kappa shape index (κ3) is 6.32. The lowest BCUT2D eigenvalue weighted by Crippen LogP contribution is -2.15. The number of unbranched alkanes of at least 4 members (excludes halogenated alkanes) is 1. The number of ether oxygens (including phenoxy) is 1. The SMILES string of the molecule is CCCCc1ccc(-c2ccc(COc3ccc(C4CCC(CCC)CC4)c(F)c3F)cc2)cc1F. The van der Waals surface area contributed by atoms with Crippen LogP contribution < -0.4 is 4.74 Å². The molecule has 0 radical (unpaired) electrons. The van der Waals surface area contributed by atoms with Gasteiger partial charge in [0.2, 0.25) is 5.82 Å². The molecular weight excluding hydrogens is 457 g/mol. The molecule has 0 unspecified atom stereocenters. The Hall–Kier alpha value is -2.75. The third-order valence-corrected chi connectivity index (χ3v) is 7.59. The molecule has 0 bridgehead atoms. The van der Waals surface area contributed by atoms with Crippen molar-refractivity contribution >= 4 is 0 Å². The summed E-state index contributed by atoms with van der Waals surface area (Å²) in [4.78, 5) is 0. The highest BCUT2D eigenvalue weighted by molar-refractivity contribution is 5.64. The van der Waals surface area contributed by atoms with Gasteiger partial charge in [-0.05, 0) is 90.3 Å². The Kier molecular flexibility index (Phi) is 9.12. The average molecular weight is 495 g/mol. The molecule has 1 fully saturated rings. The molecule has 0 heterocycles. The van der Waals surface area contributed by atoms with Gasteiger partial charge in [-0.25, -0.2) is 8.78 Å². The fourth-order valence-corrected chi connectivity index (χ4v) is 5.40. The molecule has 0 saturated heterocycles. The van der Waals surface area contributed by atoms with Gasteiger partial charge in [0.1, 0.15) is 12.4 Å². The van der Waals surface area contributed by atoms with Crippen molar-refractivity contribution in [3.05, 3.63) is 88.7 Å². The van der Waals surface area contributed by atoms with Crippen LogP contribution in [-0.2, 0) is 13.0 Å². The summed E-state index contributed by atoms with van der Waals surface area (Å²) in [6.45, 7) is 4.42. The van der Waals surface area contributed by atoms with Gasteiger partial charge in [0, 0.05) is 0 Å². The molecule has 1 saturated carbocycles. The van der Waals surface area contributed by atoms with Crippen molar-refractivity contribution in [2.75, 3.05) is 0 Å². The van der Waals surface area contributed by atoms with Crippen molar-refractivity contribution in [3.63, 3.8) is 0 Å². The maximum atomic E-state index is 14.9. The molecule has 1 aliphatic rings. The molecule has 4 heteroatoms. The Morgan fingerprint density at radius 1 is 0.778 bits per heavy atom. The number of benzene rings is 3. The predicted octanol–water partition coefficient (Wildman–Crippen LogP) is 9.77. The summed E-state index contributed by atoms with van der Waals surface area (Å²) < 4.78 is 49.8. The van der Waals surface area contributed by atoms with Crippen LogP contribution in [0.5, 0.6) is 5.75 Å². The Bertz CT molecular complexity index is 1130. The first-order valence-corrected chi connectivity index (χ1v) is 13.5. The second-order valence-corrected chi connectivity index (χ2v) is 10.2. The van der Waals surface area contributed by atoms with Crippen LogP contribution >= 0.6 is 0 Å². The second-order valence-electron chi connectivity index (χ2n) is 10.2. The monoisotopic (exact) mass is 494 g/mol. The van der Waals surface area contributed by atoms with Gasteiger partial charge < -0.3 is 4.74 Å². The molecule has 0 N–H and O–H groups in total. The molecule has 0 atom stereocenters. The Labute approximate surface area is 213 Å². The molecule has 192 valence electrons. The highest BCUT2D eigenvalue weighted by Gasteiger charge is 2.26. The minimum atomic E-state index is -0.904. The number of rotatable bonds is 10. The van der Waals surface area contributed by atoms with Crippen molar-refractivity contribution in [2.24, 2.45) is 5.92 Å². The minimum Gasteiger partial charge on any atom is -0.486 e. The Balaban J connectivity index is 1.37. The van der Waals surface area contributed by atoms with Crippen molar-refractivity contribution in [2.45, 2.75) is 84.2 Å². The van der Waals surface area contributed by atoms with Crippen LogP contribution in [0.1, 0.15) is 87.8 Å². The average Bonchev–Trinajstić information content (AvgIpc) is 2.90. The predicted molar refractivity (Wildman–Crippen MR) is 141 cm³/mol. The summed E-state index contributed by atoms with van der Waals surface area (Å²) in [5.74, 6) is -1.12. The van der Waals surface area contributed by atoms with Crippen molar-refractivity contribution < 1.29 is 17.9 Å². The van der Waals surface area contributed by atoms with Gasteiger partial charge in [-0.3, -0.25) is 0 Å². The molecule has 0 spiro atoms. The van der Waals surface area contributed by atoms with Gasteiger partial charge in [0.05, 0.1) is 0 Å². The first kappa shape index (κ1) is 26.3. The maximum Gasteiger partial charge on any atom is 0.200 e. The highest BCUT2D eigenvalue weighted by atomic mass is 19.2. The van der Waals surface area contributed by atoms with Gasteiger partial charge in [-0.1, -0.05) is 75.6 Å². The molecule has 1 aliphatic carbocycles. The van der Waals surface area contributed by atoms with Crippen LogP contribution in [0.15, 0.2) is 54.6 Å². The number of hydrogen-bond acceptors (Lipinski definition) is 1. The fraction of sp³-hybridized carbons (Fsp3) is 0.438. The van der Waals surface area contributed by atoms with Crippen LogP contribution in [0.25, 0.3) is 11.1 Å². The van der Waals surface area contributed by atoms with E-state index >= 15 is 0 Å². The van der Waals surface area contributed by atoms with Crippen molar-refractivity contribution in [1.29, 1.82) is 0 Å². The smallest absolute Gasteiger partial charge is 0.200 e. The summed E-state index contributed by atoms with van der Waals surface area (Å²) in [7, 11) is 0. The van der Waals surface area contributed by atoms with Crippen LogP contribution in [-0.4, -0.2) is 0 Å². The van der Waals surface area contributed by atoms with Crippen LogP contribution in [0, 0.1) is 23.4 Å². The summed E-state index contributed by atoms with van der Waals surface area (Å²) in [5.41, 5.74) is 3.77. The molecule has 4 rings (SSSR count). The van der Waals surface area contributed by atoms with E-state index in [-0.39, 0.29) is 24.1 Å². The molecule has 0 amide bonds. The topological polar surface area (TPSA) is 9.23 Å². The zero-order valence-electron chi connectivity index (χ0n) is 21.5. The Morgan fingerprint density at radius 2 is 1.50 bits per heavy atom. The first-order chi connectivity index (χ1) is 17.5. The lowest BCUT2D eigenvalue weighted by atomic mass is 9.77. The fourth-order valence-electron chi connectivity index (χ4n) is 5.40. The molecule has 36 heavy (non-hydrogen) atoms. The van der Waals surface area contributed by atoms with E-state index in [1.165, 1.54) is 12.8 Å². The van der Waals surface area contributed by atoms with Gasteiger partial charge in [0.15, 0.2) is 11.6 Å². The van der Waals surface area contributed by atoms with E-state index in [1.807, 2.05) is 36.4 Å².